The first-order valence-corrected chi connectivity index (χ1v) is 6.84. The van der Waals surface area contributed by atoms with Crippen LogP contribution in [0.4, 0.5) is 0 Å². The molecule has 0 amide bonds. The molecule has 3 aliphatic carbocycles. The predicted octanol–water partition coefficient (Wildman–Crippen LogP) is 5.04. The molecule has 2 unspecified atom stereocenters. The van der Waals surface area contributed by atoms with Crippen molar-refractivity contribution in [1.29, 1.82) is 0 Å². The Balaban J connectivity index is 0.000000125. The molecule has 0 aromatic heterocycles. The van der Waals surface area contributed by atoms with Crippen LogP contribution in [-0.4, -0.2) is 4.33 Å². The Bertz CT molecular complexity index is 285. The minimum absolute atomic E-state index is 0.309. The highest BCUT2D eigenvalue weighted by Crippen LogP contribution is 2.65. The molecule has 88 valence electrons. The fraction of sp³-hybridized carbons (Fsp3) is 0.571. The molecule has 2 heteroatoms. The van der Waals surface area contributed by atoms with Crippen molar-refractivity contribution < 1.29 is 0 Å². The molecule has 3 aliphatic rings. The molecule has 0 aromatic rings. The van der Waals surface area contributed by atoms with E-state index < -0.39 is 0 Å². The van der Waals surface area contributed by atoms with Gasteiger partial charge in [0.15, 0.2) is 0 Å². The fourth-order valence-corrected chi connectivity index (χ4v) is 3.42. The van der Waals surface area contributed by atoms with E-state index in [2.05, 4.69) is 24.3 Å². The zero-order chi connectivity index (χ0) is 11.4. The quantitative estimate of drug-likeness (QED) is 0.533. The zero-order valence-electron chi connectivity index (χ0n) is 9.41. The average molecular weight is 257 g/mol. The van der Waals surface area contributed by atoms with Crippen LogP contribution in [-0.2, 0) is 0 Å². The summed E-state index contributed by atoms with van der Waals surface area (Å²) in [6.45, 7) is 0. The minimum atomic E-state index is -0.309. The maximum atomic E-state index is 5.98. The van der Waals surface area contributed by atoms with E-state index in [9.17, 15) is 0 Å². The topological polar surface area (TPSA) is 0 Å². The summed E-state index contributed by atoms with van der Waals surface area (Å²) in [5, 5.41) is 0. The van der Waals surface area contributed by atoms with Gasteiger partial charge in [-0.2, -0.15) is 0 Å². The number of hydrogen-bond donors (Lipinski definition) is 0. The third-order valence-corrected chi connectivity index (χ3v) is 4.64. The Labute approximate surface area is 108 Å². The van der Waals surface area contributed by atoms with Gasteiger partial charge in [-0.25, -0.2) is 0 Å². The first kappa shape index (κ1) is 12.3. The largest absolute Gasteiger partial charge is 0.124 e. The molecule has 0 radical (unpaired) electrons. The molecule has 0 spiro atoms. The van der Waals surface area contributed by atoms with Crippen molar-refractivity contribution in [1.82, 2.24) is 0 Å². The molecule has 2 saturated carbocycles. The summed E-state index contributed by atoms with van der Waals surface area (Å²) in [4.78, 5) is 0. The van der Waals surface area contributed by atoms with Gasteiger partial charge in [0.05, 0.1) is 0 Å². The lowest BCUT2D eigenvalue weighted by Crippen LogP contribution is -1.91. The summed E-state index contributed by atoms with van der Waals surface area (Å²) in [5.74, 6) is 1.30. The summed E-state index contributed by atoms with van der Waals surface area (Å²) in [6, 6.07) is 0. The highest BCUT2D eigenvalue weighted by molar-refractivity contribution is 6.51. The minimum Gasteiger partial charge on any atom is -0.101 e. The van der Waals surface area contributed by atoms with Gasteiger partial charge in [-0.1, -0.05) is 49.3 Å². The lowest BCUT2D eigenvalue weighted by molar-refractivity contribution is 0.480. The number of alkyl halides is 2. The Morgan fingerprint density at radius 1 is 0.812 bits per heavy atom. The van der Waals surface area contributed by atoms with Crippen LogP contribution >= 0.6 is 23.2 Å². The van der Waals surface area contributed by atoms with E-state index in [1.54, 1.807) is 0 Å². The third-order valence-electron chi connectivity index (χ3n) is 3.52. The van der Waals surface area contributed by atoms with Crippen LogP contribution in [0.2, 0.25) is 0 Å². The van der Waals surface area contributed by atoms with Gasteiger partial charge in [0.25, 0.3) is 0 Å². The Morgan fingerprint density at radius 2 is 1.31 bits per heavy atom. The van der Waals surface area contributed by atoms with Gasteiger partial charge in [0.1, 0.15) is 4.33 Å². The van der Waals surface area contributed by atoms with Gasteiger partial charge < -0.3 is 0 Å². The van der Waals surface area contributed by atoms with Crippen molar-refractivity contribution in [3.05, 3.63) is 36.5 Å². The Kier molecular flexibility index (Phi) is 4.16. The summed E-state index contributed by atoms with van der Waals surface area (Å²) in [7, 11) is 0. The van der Waals surface area contributed by atoms with E-state index in [0.29, 0.717) is 11.8 Å². The third kappa shape index (κ3) is 2.93. The van der Waals surface area contributed by atoms with E-state index in [4.69, 9.17) is 23.2 Å². The molecule has 0 nitrogen and oxygen atoms in total. The standard InChI is InChI=1S/C7H10Cl2.C7H8/c8-7(9)5-3-1-2-4-6(5)7;1-2-4-6-7-5-3-1/h5-6H,1-4H2;1-6H,7H2. The normalized spacial score (nSPS) is 33.4. The van der Waals surface area contributed by atoms with Gasteiger partial charge >= 0.3 is 0 Å². The number of hydrogen-bond acceptors (Lipinski definition) is 0. The molecule has 0 aliphatic heterocycles. The second kappa shape index (κ2) is 5.42. The van der Waals surface area contributed by atoms with Crippen molar-refractivity contribution in [2.45, 2.75) is 36.4 Å². The smallest absolute Gasteiger partial charge is 0.101 e. The monoisotopic (exact) mass is 256 g/mol. The number of rotatable bonds is 0. The average Bonchev–Trinajstić information content (AvgIpc) is 2.97. The van der Waals surface area contributed by atoms with E-state index in [0.717, 1.165) is 6.42 Å². The van der Waals surface area contributed by atoms with Crippen molar-refractivity contribution >= 4 is 23.2 Å². The molecular formula is C14H18Cl2. The van der Waals surface area contributed by atoms with Gasteiger partial charge in [-0.3, -0.25) is 0 Å². The lowest BCUT2D eigenvalue weighted by atomic mass is 10.0. The highest BCUT2D eigenvalue weighted by atomic mass is 35.5. The lowest BCUT2D eigenvalue weighted by Gasteiger charge is -2.03. The van der Waals surface area contributed by atoms with Crippen molar-refractivity contribution in [2.75, 3.05) is 0 Å². The summed E-state index contributed by atoms with van der Waals surface area (Å²) in [6.07, 6.45) is 18.7. The van der Waals surface area contributed by atoms with Crippen LogP contribution < -0.4 is 0 Å². The number of halogens is 2. The molecular weight excluding hydrogens is 239 g/mol. The number of allylic oxidation sites excluding steroid dienone is 6. The van der Waals surface area contributed by atoms with Crippen LogP contribution in [0.15, 0.2) is 36.5 Å². The summed E-state index contributed by atoms with van der Waals surface area (Å²) >= 11 is 12.0. The maximum absolute atomic E-state index is 5.98. The van der Waals surface area contributed by atoms with E-state index in [1.807, 2.05) is 12.2 Å². The molecule has 0 bridgehead atoms. The van der Waals surface area contributed by atoms with Crippen molar-refractivity contribution in [3.63, 3.8) is 0 Å². The van der Waals surface area contributed by atoms with Crippen molar-refractivity contribution in [2.24, 2.45) is 11.8 Å². The molecule has 2 fully saturated rings. The molecule has 0 N–H and O–H groups in total. The van der Waals surface area contributed by atoms with Crippen LogP contribution in [0, 0.1) is 11.8 Å². The van der Waals surface area contributed by atoms with Gasteiger partial charge in [0, 0.05) is 0 Å². The van der Waals surface area contributed by atoms with Crippen LogP contribution in [0.3, 0.4) is 0 Å². The first-order valence-electron chi connectivity index (χ1n) is 6.09. The second-order valence-corrected chi connectivity index (χ2v) is 6.09. The van der Waals surface area contributed by atoms with Crippen molar-refractivity contribution in [3.8, 4) is 0 Å². The molecule has 2 atom stereocenters. The Morgan fingerprint density at radius 3 is 1.75 bits per heavy atom. The van der Waals surface area contributed by atoms with E-state index in [1.165, 1.54) is 25.7 Å². The molecule has 0 aromatic carbocycles. The maximum Gasteiger partial charge on any atom is 0.124 e. The second-order valence-electron chi connectivity index (χ2n) is 4.65. The molecule has 3 rings (SSSR count). The van der Waals surface area contributed by atoms with E-state index in [-0.39, 0.29) is 4.33 Å². The Hall–Kier alpha value is -0.200. The van der Waals surface area contributed by atoms with Gasteiger partial charge in [-0.05, 0) is 31.1 Å². The predicted molar refractivity (Wildman–Crippen MR) is 71.9 cm³/mol. The molecule has 0 saturated heterocycles. The molecule has 16 heavy (non-hydrogen) atoms. The van der Waals surface area contributed by atoms with E-state index >= 15 is 0 Å². The number of fused-ring (bicyclic) bond motifs is 1. The SMILES string of the molecule is C1=CC=CCC=C1.ClC1(Cl)C2CCCCC21. The van der Waals surface area contributed by atoms with Crippen LogP contribution in [0.1, 0.15) is 32.1 Å². The van der Waals surface area contributed by atoms with Gasteiger partial charge in [0.2, 0.25) is 0 Å². The van der Waals surface area contributed by atoms with Gasteiger partial charge in [-0.15, -0.1) is 23.2 Å². The summed E-state index contributed by atoms with van der Waals surface area (Å²) < 4.78 is -0.309. The fourth-order valence-electron chi connectivity index (χ4n) is 2.50. The van der Waals surface area contributed by atoms with Crippen LogP contribution in [0.25, 0.3) is 0 Å². The first-order chi connectivity index (χ1) is 7.73. The highest BCUT2D eigenvalue weighted by Gasteiger charge is 2.62. The summed E-state index contributed by atoms with van der Waals surface area (Å²) in [5.41, 5.74) is 0. The van der Waals surface area contributed by atoms with Crippen LogP contribution in [0.5, 0.6) is 0 Å². The molecule has 0 heterocycles. The zero-order valence-corrected chi connectivity index (χ0v) is 10.9.